The van der Waals surface area contributed by atoms with Crippen molar-refractivity contribution < 1.29 is 10.2 Å². The summed E-state index contributed by atoms with van der Waals surface area (Å²) >= 11 is 0. The van der Waals surface area contributed by atoms with E-state index in [1.807, 2.05) is 61.5 Å². The molecule has 0 saturated heterocycles. The van der Waals surface area contributed by atoms with Gasteiger partial charge in [-0.15, -0.1) is 0 Å². The zero-order valence-corrected chi connectivity index (χ0v) is 9.75. The highest BCUT2D eigenvalue weighted by molar-refractivity contribution is 5.27. The molecule has 0 amide bonds. The van der Waals surface area contributed by atoms with E-state index in [9.17, 15) is 10.2 Å². The summed E-state index contributed by atoms with van der Waals surface area (Å²) in [6.45, 7) is 1.99. The SMILES string of the molecule is Cc1ccc([C@H](O)[C@H](O)c2ccccc2)cc1. The van der Waals surface area contributed by atoms with Gasteiger partial charge in [0.1, 0.15) is 12.2 Å². The first-order chi connectivity index (χ1) is 8.18. The van der Waals surface area contributed by atoms with Crippen LogP contribution in [0.4, 0.5) is 0 Å². The van der Waals surface area contributed by atoms with Crippen LogP contribution in [0, 0.1) is 6.92 Å². The minimum atomic E-state index is -0.891. The van der Waals surface area contributed by atoms with E-state index >= 15 is 0 Å². The smallest absolute Gasteiger partial charge is 0.109 e. The minimum absolute atomic E-state index is 0.723. The molecule has 2 aromatic carbocycles. The summed E-state index contributed by atoms with van der Waals surface area (Å²) in [4.78, 5) is 0. The second-order valence-electron chi connectivity index (χ2n) is 4.21. The first-order valence-corrected chi connectivity index (χ1v) is 5.66. The van der Waals surface area contributed by atoms with Crippen LogP contribution < -0.4 is 0 Å². The van der Waals surface area contributed by atoms with Crippen molar-refractivity contribution in [3.8, 4) is 0 Å². The van der Waals surface area contributed by atoms with Crippen LogP contribution in [0.15, 0.2) is 54.6 Å². The van der Waals surface area contributed by atoms with E-state index in [2.05, 4.69) is 0 Å². The average Bonchev–Trinajstić information content (AvgIpc) is 2.39. The molecule has 0 fully saturated rings. The van der Waals surface area contributed by atoms with Crippen LogP contribution in [0.1, 0.15) is 28.9 Å². The second kappa shape index (κ2) is 5.13. The van der Waals surface area contributed by atoms with Gasteiger partial charge in [0, 0.05) is 0 Å². The highest BCUT2D eigenvalue weighted by atomic mass is 16.3. The molecule has 0 aliphatic rings. The monoisotopic (exact) mass is 228 g/mol. The molecule has 2 heteroatoms. The Morgan fingerprint density at radius 1 is 0.706 bits per heavy atom. The van der Waals surface area contributed by atoms with Gasteiger partial charge < -0.3 is 10.2 Å². The lowest BCUT2D eigenvalue weighted by atomic mass is 9.98. The number of benzene rings is 2. The van der Waals surface area contributed by atoms with E-state index in [1.54, 1.807) is 0 Å². The third-order valence-electron chi connectivity index (χ3n) is 2.86. The number of rotatable bonds is 3. The fraction of sp³-hybridized carbons (Fsp3) is 0.200. The second-order valence-corrected chi connectivity index (χ2v) is 4.21. The molecule has 17 heavy (non-hydrogen) atoms. The van der Waals surface area contributed by atoms with Crippen molar-refractivity contribution in [1.29, 1.82) is 0 Å². The van der Waals surface area contributed by atoms with Crippen molar-refractivity contribution in [2.45, 2.75) is 19.1 Å². The molecule has 88 valence electrons. The third kappa shape index (κ3) is 2.73. The van der Waals surface area contributed by atoms with E-state index in [0.717, 1.165) is 16.7 Å². The van der Waals surface area contributed by atoms with Gasteiger partial charge in [0.2, 0.25) is 0 Å². The Bertz CT molecular complexity index is 462. The number of aliphatic hydroxyl groups is 2. The van der Waals surface area contributed by atoms with Gasteiger partial charge in [-0.25, -0.2) is 0 Å². The van der Waals surface area contributed by atoms with Crippen LogP contribution in [0.2, 0.25) is 0 Å². The Hall–Kier alpha value is -1.64. The molecule has 0 bridgehead atoms. The molecular weight excluding hydrogens is 212 g/mol. The highest BCUT2D eigenvalue weighted by Crippen LogP contribution is 2.28. The maximum atomic E-state index is 10.1. The Labute approximate surface area is 101 Å². The number of hydrogen-bond acceptors (Lipinski definition) is 2. The van der Waals surface area contributed by atoms with Gasteiger partial charge >= 0.3 is 0 Å². The Morgan fingerprint density at radius 2 is 1.18 bits per heavy atom. The molecular formula is C15H16O2. The lowest BCUT2D eigenvalue weighted by Gasteiger charge is -2.18. The van der Waals surface area contributed by atoms with Crippen molar-refractivity contribution in [3.05, 3.63) is 71.3 Å². The molecule has 0 radical (unpaired) electrons. The predicted molar refractivity (Wildman–Crippen MR) is 67.5 cm³/mol. The summed E-state index contributed by atoms with van der Waals surface area (Å²) in [6, 6.07) is 16.7. The van der Waals surface area contributed by atoms with E-state index in [0.29, 0.717) is 0 Å². The van der Waals surface area contributed by atoms with Crippen LogP contribution in [0.3, 0.4) is 0 Å². The van der Waals surface area contributed by atoms with E-state index in [4.69, 9.17) is 0 Å². The van der Waals surface area contributed by atoms with Gasteiger partial charge in [-0.3, -0.25) is 0 Å². The average molecular weight is 228 g/mol. The number of aryl methyl sites for hydroxylation is 1. The molecule has 2 nitrogen and oxygen atoms in total. The van der Waals surface area contributed by atoms with Crippen LogP contribution in [-0.4, -0.2) is 10.2 Å². The van der Waals surface area contributed by atoms with E-state index in [1.165, 1.54) is 0 Å². The molecule has 0 spiro atoms. The lowest BCUT2D eigenvalue weighted by Crippen LogP contribution is -2.10. The number of hydrogen-bond donors (Lipinski definition) is 2. The summed E-state index contributed by atoms with van der Waals surface area (Å²) in [6.07, 6.45) is -1.78. The third-order valence-corrected chi connectivity index (χ3v) is 2.86. The molecule has 0 unspecified atom stereocenters. The molecule has 0 aliphatic carbocycles. The van der Waals surface area contributed by atoms with Gasteiger partial charge in [-0.2, -0.15) is 0 Å². The highest BCUT2D eigenvalue weighted by Gasteiger charge is 2.19. The molecule has 2 N–H and O–H groups in total. The van der Waals surface area contributed by atoms with Crippen molar-refractivity contribution in [1.82, 2.24) is 0 Å². The van der Waals surface area contributed by atoms with Crippen molar-refractivity contribution in [2.24, 2.45) is 0 Å². The molecule has 0 saturated carbocycles. The molecule has 2 rings (SSSR count). The summed E-state index contributed by atoms with van der Waals surface area (Å²) in [7, 11) is 0. The fourth-order valence-electron chi connectivity index (χ4n) is 1.78. The van der Waals surface area contributed by atoms with E-state index < -0.39 is 12.2 Å². The van der Waals surface area contributed by atoms with Gasteiger partial charge in [-0.05, 0) is 18.1 Å². The molecule has 2 atom stereocenters. The first kappa shape index (κ1) is 11.8. The van der Waals surface area contributed by atoms with Crippen LogP contribution in [0.5, 0.6) is 0 Å². The first-order valence-electron chi connectivity index (χ1n) is 5.66. The quantitative estimate of drug-likeness (QED) is 0.848. The molecule has 0 heterocycles. The fourth-order valence-corrected chi connectivity index (χ4v) is 1.78. The van der Waals surface area contributed by atoms with Crippen LogP contribution in [-0.2, 0) is 0 Å². The predicted octanol–water partition coefficient (Wildman–Crippen LogP) is 2.76. The van der Waals surface area contributed by atoms with Crippen molar-refractivity contribution in [2.75, 3.05) is 0 Å². The molecule has 0 aliphatic heterocycles. The largest absolute Gasteiger partial charge is 0.385 e. The minimum Gasteiger partial charge on any atom is -0.385 e. The topological polar surface area (TPSA) is 40.5 Å². The zero-order valence-electron chi connectivity index (χ0n) is 9.75. The maximum Gasteiger partial charge on any atom is 0.109 e. The maximum absolute atomic E-state index is 10.1. The Kier molecular flexibility index (Phi) is 3.57. The summed E-state index contributed by atoms with van der Waals surface area (Å²) in [5.74, 6) is 0. The van der Waals surface area contributed by atoms with E-state index in [-0.39, 0.29) is 0 Å². The number of aliphatic hydroxyl groups excluding tert-OH is 2. The molecule has 2 aromatic rings. The van der Waals surface area contributed by atoms with Gasteiger partial charge in [0.15, 0.2) is 0 Å². The summed E-state index contributed by atoms with van der Waals surface area (Å²) in [5, 5.41) is 20.1. The normalized spacial score (nSPS) is 14.3. The van der Waals surface area contributed by atoms with Crippen molar-refractivity contribution in [3.63, 3.8) is 0 Å². The molecule has 0 aromatic heterocycles. The van der Waals surface area contributed by atoms with Crippen LogP contribution in [0.25, 0.3) is 0 Å². The van der Waals surface area contributed by atoms with Crippen LogP contribution >= 0.6 is 0 Å². The lowest BCUT2D eigenvalue weighted by molar-refractivity contribution is 0.0172. The Balaban J connectivity index is 2.20. The summed E-state index contributed by atoms with van der Waals surface area (Å²) < 4.78 is 0. The van der Waals surface area contributed by atoms with Crippen molar-refractivity contribution >= 4 is 0 Å². The summed E-state index contributed by atoms with van der Waals surface area (Å²) in [5.41, 5.74) is 2.59. The van der Waals surface area contributed by atoms with Gasteiger partial charge in [0.05, 0.1) is 0 Å². The van der Waals surface area contributed by atoms with Gasteiger partial charge in [-0.1, -0.05) is 60.2 Å². The Morgan fingerprint density at radius 3 is 1.71 bits per heavy atom. The zero-order chi connectivity index (χ0) is 12.3. The standard InChI is InChI=1S/C15H16O2/c1-11-7-9-13(10-8-11)15(17)14(16)12-5-3-2-4-6-12/h2-10,14-17H,1H3/t14-,15+/m1/s1. The van der Waals surface area contributed by atoms with Gasteiger partial charge in [0.25, 0.3) is 0 Å².